The molecule has 0 amide bonds. The van der Waals surface area contributed by atoms with E-state index < -0.39 is 17.7 Å². The Morgan fingerprint density at radius 1 is 1.55 bits per heavy atom. The summed E-state index contributed by atoms with van der Waals surface area (Å²) in [5, 5.41) is 8.17. The molecular formula is C6H7F3O2. The summed E-state index contributed by atoms with van der Waals surface area (Å²) in [4.78, 5) is 10.0. The monoisotopic (exact) mass is 168 g/mol. The van der Waals surface area contributed by atoms with Crippen LogP contribution in [0.15, 0.2) is 11.6 Å². The van der Waals surface area contributed by atoms with Crippen molar-refractivity contribution in [3.63, 3.8) is 0 Å². The van der Waals surface area contributed by atoms with Crippen LogP contribution < -0.4 is 0 Å². The Labute approximate surface area is 61.3 Å². The Bertz CT molecular complexity index is 181. The van der Waals surface area contributed by atoms with Gasteiger partial charge in [-0.25, -0.2) is 4.79 Å². The van der Waals surface area contributed by atoms with E-state index in [0.717, 1.165) is 0 Å². The number of carbonyl (C=O) groups is 1. The molecule has 5 heteroatoms. The van der Waals surface area contributed by atoms with Gasteiger partial charge >= 0.3 is 12.1 Å². The van der Waals surface area contributed by atoms with Crippen LogP contribution in [-0.2, 0) is 4.79 Å². The van der Waals surface area contributed by atoms with E-state index in [2.05, 4.69) is 0 Å². The standard InChI is InChI=1S/C6H7F3O2/c1-2-4(5(10)11)3-6(7,8)9/h3H,2H2,1H3,(H,10,11). The van der Waals surface area contributed by atoms with Gasteiger partial charge in [-0.05, 0) is 6.42 Å². The van der Waals surface area contributed by atoms with E-state index >= 15 is 0 Å². The molecule has 0 bridgehead atoms. The molecule has 0 saturated heterocycles. The highest BCUT2D eigenvalue weighted by Crippen LogP contribution is 2.19. The maximum Gasteiger partial charge on any atom is 0.410 e. The van der Waals surface area contributed by atoms with Crippen LogP contribution in [0.25, 0.3) is 0 Å². The molecule has 0 aromatic rings. The maximum absolute atomic E-state index is 11.5. The van der Waals surface area contributed by atoms with E-state index in [1.165, 1.54) is 6.92 Å². The Morgan fingerprint density at radius 3 is 2.09 bits per heavy atom. The molecule has 0 aromatic carbocycles. The van der Waals surface area contributed by atoms with E-state index in [1.54, 1.807) is 0 Å². The van der Waals surface area contributed by atoms with Crippen LogP contribution in [0.1, 0.15) is 13.3 Å². The summed E-state index contributed by atoms with van der Waals surface area (Å²) >= 11 is 0. The third-order valence-corrected chi connectivity index (χ3v) is 0.993. The quantitative estimate of drug-likeness (QED) is 0.640. The number of hydrogen-bond donors (Lipinski definition) is 1. The largest absolute Gasteiger partial charge is 0.478 e. The zero-order chi connectivity index (χ0) is 9.07. The summed E-state index contributed by atoms with van der Waals surface area (Å²) in [6.45, 7) is 1.35. The first-order chi connectivity index (χ1) is 4.87. The third-order valence-electron chi connectivity index (χ3n) is 0.993. The molecule has 0 aliphatic rings. The first kappa shape index (κ1) is 10.0. The van der Waals surface area contributed by atoms with Gasteiger partial charge in [-0.3, -0.25) is 0 Å². The van der Waals surface area contributed by atoms with Crippen LogP contribution >= 0.6 is 0 Å². The molecule has 0 saturated carbocycles. The lowest BCUT2D eigenvalue weighted by atomic mass is 10.2. The summed E-state index contributed by atoms with van der Waals surface area (Å²) in [6.07, 6.45) is -4.87. The summed E-state index contributed by atoms with van der Waals surface area (Å²) in [5.41, 5.74) is -0.627. The number of allylic oxidation sites excluding steroid dienone is 1. The van der Waals surface area contributed by atoms with Crippen molar-refractivity contribution in [2.45, 2.75) is 19.5 Å². The number of alkyl halides is 3. The summed E-state index contributed by atoms with van der Waals surface area (Å²) in [6, 6.07) is 0. The molecule has 0 aliphatic carbocycles. The fourth-order valence-electron chi connectivity index (χ4n) is 0.513. The highest BCUT2D eigenvalue weighted by molar-refractivity contribution is 5.86. The minimum atomic E-state index is -4.54. The van der Waals surface area contributed by atoms with Crippen molar-refractivity contribution in [2.24, 2.45) is 0 Å². The molecule has 2 nitrogen and oxygen atoms in total. The fourth-order valence-corrected chi connectivity index (χ4v) is 0.513. The minimum Gasteiger partial charge on any atom is -0.478 e. The molecule has 1 N–H and O–H groups in total. The van der Waals surface area contributed by atoms with Gasteiger partial charge in [0.05, 0.1) is 0 Å². The second-order valence-electron chi connectivity index (χ2n) is 1.87. The molecule has 0 rings (SSSR count). The van der Waals surface area contributed by atoms with Crippen molar-refractivity contribution < 1.29 is 23.1 Å². The summed E-state index contributed by atoms with van der Waals surface area (Å²) in [5.74, 6) is -1.52. The molecular weight excluding hydrogens is 161 g/mol. The predicted molar refractivity (Wildman–Crippen MR) is 32.1 cm³/mol. The Morgan fingerprint density at radius 2 is 2.00 bits per heavy atom. The minimum absolute atomic E-state index is 0.130. The van der Waals surface area contributed by atoms with E-state index in [0.29, 0.717) is 0 Å². The molecule has 0 spiro atoms. The lowest BCUT2D eigenvalue weighted by molar-refractivity contribution is -0.133. The number of halogens is 3. The van der Waals surface area contributed by atoms with E-state index in [-0.39, 0.29) is 12.5 Å². The highest BCUT2D eigenvalue weighted by Gasteiger charge is 2.25. The fraction of sp³-hybridized carbons (Fsp3) is 0.500. The van der Waals surface area contributed by atoms with Crippen LogP contribution in [-0.4, -0.2) is 17.3 Å². The number of carboxylic acid groups (broad SMARTS) is 1. The molecule has 0 fully saturated rings. The van der Waals surface area contributed by atoms with Gasteiger partial charge in [-0.15, -0.1) is 0 Å². The van der Waals surface area contributed by atoms with Crippen LogP contribution in [0.3, 0.4) is 0 Å². The summed E-state index contributed by atoms with van der Waals surface area (Å²) in [7, 11) is 0. The van der Waals surface area contributed by atoms with Crippen molar-refractivity contribution >= 4 is 5.97 Å². The first-order valence-electron chi connectivity index (χ1n) is 2.88. The van der Waals surface area contributed by atoms with Gasteiger partial charge in [0.1, 0.15) is 0 Å². The number of rotatable bonds is 2. The SMILES string of the molecule is CCC(=CC(F)(F)F)C(=O)O. The van der Waals surface area contributed by atoms with Gasteiger partial charge in [-0.1, -0.05) is 6.92 Å². The Hall–Kier alpha value is -1.00. The Balaban J connectivity index is 4.49. The van der Waals surface area contributed by atoms with Crippen molar-refractivity contribution in [1.29, 1.82) is 0 Å². The summed E-state index contributed by atoms with van der Waals surface area (Å²) < 4.78 is 34.5. The van der Waals surface area contributed by atoms with E-state index in [1.807, 2.05) is 0 Å². The molecule has 0 unspecified atom stereocenters. The number of hydrogen-bond acceptors (Lipinski definition) is 1. The van der Waals surface area contributed by atoms with Gasteiger partial charge in [0.2, 0.25) is 0 Å². The van der Waals surface area contributed by atoms with Crippen molar-refractivity contribution in [3.8, 4) is 0 Å². The van der Waals surface area contributed by atoms with Gasteiger partial charge in [0, 0.05) is 11.6 Å². The first-order valence-corrected chi connectivity index (χ1v) is 2.88. The smallest absolute Gasteiger partial charge is 0.410 e. The van der Waals surface area contributed by atoms with Crippen LogP contribution in [0.5, 0.6) is 0 Å². The molecule has 64 valence electrons. The third kappa shape index (κ3) is 4.41. The van der Waals surface area contributed by atoms with Crippen LogP contribution in [0.2, 0.25) is 0 Å². The second-order valence-corrected chi connectivity index (χ2v) is 1.87. The zero-order valence-corrected chi connectivity index (χ0v) is 5.77. The predicted octanol–water partition coefficient (Wildman–Crippen LogP) is 1.97. The normalized spacial score (nSPS) is 13.3. The van der Waals surface area contributed by atoms with E-state index in [9.17, 15) is 18.0 Å². The zero-order valence-electron chi connectivity index (χ0n) is 5.77. The molecule has 0 radical (unpaired) electrons. The molecule has 0 aliphatic heterocycles. The van der Waals surface area contributed by atoms with Crippen LogP contribution in [0.4, 0.5) is 13.2 Å². The number of carboxylic acids is 1. The molecule has 0 heterocycles. The van der Waals surface area contributed by atoms with Crippen LogP contribution in [0, 0.1) is 0 Å². The molecule has 0 atom stereocenters. The average Bonchev–Trinajstić information content (AvgIpc) is 1.80. The van der Waals surface area contributed by atoms with Crippen molar-refractivity contribution in [3.05, 3.63) is 11.6 Å². The maximum atomic E-state index is 11.5. The second kappa shape index (κ2) is 3.41. The van der Waals surface area contributed by atoms with Crippen molar-refractivity contribution in [2.75, 3.05) is 0 Å². The lowest BCUT2D eigenvalue weighted by Crippen LogP contribution is -2.08. The van der Waals surface area contributed by atoms with E-state index in [4.69, 9.17) is 5.11 Å². The van der Waals surface area contributed by atoms with Gasteiger partial charge < -0.3 is 5.11 Å². The molecule has 11 heavy (non-hydrogen) atoms. The van der Waals surface area contributed by atoms with Gasteiger partial charge in [-0.2, -0.15) is 13.2 Å². The highest BCUT2D eigenvalue weighted by atomic mass is 19.4. The topological polar surface area (TPSA) is 37.3 Å². The van der Waals surface area contributed by atoms with Gasteiger partial charge in [0.25, 0.3) is 0 Å². The number of aliphatic carboxylic acids is 1. The molecule has 0 aromatic heterocycles. The van der Waals surface area contributed by atoms with Crippen molar-refractivity contribution in [1.82, 2.24) is 0 Å². The Kier molecular flexibility index (Phi) is 3.10. The van der Waals surface area contributed by atoms with Gasteiger partial charge in [0.15, 0.2) is 0 Å². The average molecular weight is 168 g/mol. The lowest BCUT2D eigenvalue weighted by Gasteiger charge is -2.01.